The van der Waals surface area contributed by atoms with Crippen LogP contribution >= 0.6 is 43.2 Å². The van der Waals surface area contributed by atoms with E-state index in [4.69, 9.17) is 5.84 Å². The molecule has 2 rings (SSSR count). The largest absolute Gasteiger partial charge is 0.271 e. The van der Waals surface area contributed by atoms with Crippen LogP contribution in [0.4, 0.5) is 8.78 Å². The van der Waals surface area contributed by atoms with E-state index in [1.807, 2.05) is 6.07 Å². The molecule has 2 nitrogen and oxygen atoms in total. The van der Waals surface area contributed by atoms with Crippen LogP contribution in [-0.2, 0) is 6.42 Å². The molecule has 7 heteroatoms. The molecular formula is C12H10Br2F2N2S. The predicted molar refractivity (Wildman–Crippen MR) is 79.8 cm³/mol. The third-order valence-electron chi connectivity index (χ3n) is 2.73. The zero-order valence-electron chi connectivity index (χ0n) is 9.59. The van der Waals surface area contributed by atoms with E-state index in [-0.39, 0.29) is 18.0 Å². The highest BCUT2D eigenvalue weighted by atomic mass is 79.9. The van der Waals surface area contributed by atoms with E-state index >= 15 is 0 Å². The summed E-state index contributed by atoms with van der Waals surface area (Å²) in [5.41, 5.74) is 3.49. The number of thiophene rings is 1. The number of nitrogens with two attached hydrogens (primary N) is 1. The molecule has 3 N–H and O–H groups in total. The Morgan fingerprint density at radius 1 is 1.26 bits per heavy atom. The van der Waals surface area contributed by atoms with Crippen molar-refractivity contribution in [1.29, 1.82) is 0 Å². The summed E-state index contributed by atoms with van der Waals surface area (Å²) in [7, 11) is 0. The summed E-state index contributed by atoms with van der Waals surface area (Å²) < 4.78 is 29.1. The first kappa shape index (κ1) is 15.1. The van der Waals surface area contributed by atoms with Crippen LogP contribution in [0, 0.1) is 11.6 Å². The van der Waals surface area contributed by atoms with E-state index in [2.05, 4.69) is 37.3 Å². The van der Waals surface area contributed by atoms with Gasteiger partial charge in [0.1, 0.15) is 11.6 Å². The van der Waals surface area contributed by atoms with Crippen molar-refractivity contribution >= 4 is 43.2 Å². The highest BCUT2D eigenvalue weighted by Crippen LogP contribution is 2.36. The molecule has 0 radical (unpaired) electrons. The summed E-state index contributed by atoms with van der Waals surface area (Å²) in [4.78, 5) is 0. The number of benzene rings is 1. The molecule has 1 unspecified atom stereocenters. The van der Waals surface area contributed by atoms with Gasteiger partial charge in [0.05, 0.1) is 13.6 Å². The maximum Gasteiger partial charge on any atom is 0.129 e. The van der Waals surface area contributed by atoms with Gasteiger partial charge in [-0.3, -0.25) is 11.3 Å². The molecule has 1 aromatic carbocycles. The first-order valence-corrected chi connectivity index (χ1v) is 7.77. The molecule has 1 atom stereocenters. The Morgan fingerprint density at radius 2 is 1.89 bits per heavy atom. The van der Waals surface area contributed by atoms with Crippen molar-refractivity contribution < 1.29 is 8.78 Å². The second kappa shape index (κ2) is 6.41. The Morgan fingerprint density at radius 3 is 2.37 bits per heavy atom. The SMILES string of the molecule is NNC(Cc1c(F)cccc1F)c1cc(Br)sc1Br. The van der Waals surface area contributed by atoms with Gasteiger partial charge in [0, 0.05) is 5.56 Å². The molecule has 1 aromatic heterocycles. The van der Waals surface area contributed by atoms with Gasteiger partial charge in [0.2, 0.25) is 0 Å². The lowest BCUT2D eigenvalue weighted by Gasteiger charge is -2.16. The molecule has 2 aromatic rings. The number of rotatable bonds is 4. The van der Waals surface area contributed by atoms with Crippen LogP contribution in [-0.4, -0.2) is 0 Å². The second-order valence-electron chi connectivity index (χ2n) is 3.90. The van der Waals surface area contributed by atoms with Crippen LogP contribution in [0.5, 0.6) is 0 Å². The summed E-state index contributed by atoms with van der Waals surface area (Å²) in [5, 5.41) is 0. The first-order chi connectivity index (χ1) is 9.02. The van der Waals surface area contributed by atoms with Gasteiger partial charge in [-0.1, -0.05) is 6.07 Å². The standard InChI is InChI=1S/C12H10Br2F2N2S/c13-11-5-7(12(14)19-11)10(18-17)4-6-8(15)2-1-3-9(6)16/h1-3,5,10,18H,4,17H2. The number of nitrogens with one attached hydrogen (secondary N) is 1. The van der Waals surface area contributed by atoms with Crippen LogP contribution in [0.2, 0.25) is 0 Å². The van der Waals surface area contributed by atoms with Crippen LogP contribution in [0.25, 0.3) is 0 Å². The fraction of sp³-hybridized carbons (Fsp3) is 0.167. The Labute approximate surface area is 130 Å². The summed E-state index contributed by atoms with van der Waals surface area (Å²) in [6, 6.07) is 5.33. The summed E-state index contributed by atoms with van der Waals surface area (Å²) in [5.74, 6) is 4.38. The molecule has 0 saturated heterocycles. The van der Waals surface area contributed by atoms with Crippen molar-refractivity contribution in [2.45, 2.75) is 12.5 Å². The average molecular weight is 412 g/mol. The van der Waals surface area contributed by atoms with E-state index in [9.17, 15) is 8.78 Å². The molecule has 0 aliphatic heterocycles. The molecule has 102 valence electrons. The van der Waals surface area contributed by atoms with E-state index in [1.54, 1.807) is 0 Å². The first-order valence-electron chi connectivity index (χ1n) is 5.36. The lowest BCUT2D eigenvalue weighted by molar-refractivity contribution is 0.500. The Bertz CT molecular complexity index is 569. The molecule has 0 saturated carbocycles. The van der Waals surface area contributed by atoms with Gasteiger partial charge < -0.3 is 0 Å². The fourth-order valence-corrected chi connectivity index (χ4v) is 4.75. The van der Waals surface area contributed by atoms with E-state index in [0.717, 1.165) is 13.1 Å². The summed E-state index contributed by atoms with van der Waals surface area (Å²) in [6.45, 7) is 0. The van der Waals surface area contributed by atoms with Crippen molar-refractivity contribution in [3.05, 3.63) is 54.6 Å². The lowest BCUT2D eigenvalue weighted by atomic mass is 10.0. The van der Waals surface area contributed by atoms with E-state index < -0.39 is 11.6 Å². The van der Waals surface area contributed by atoms with Crippen LogP contribution in [0.1, 0.15) is 17.2 Å². The van der Waals surface area contributed by atoms with Gasteiger partial charge >= 0.3 is 0 Å². The Balaban J connectivity index is 2.32. The summed E-state index contributed by atoms with van der Waals surface area (Å²) in [6.07, 6.45) is 0.136. The Hall–Kier alpha value is -0.340. The van der Waals surface area contributed by atoms with Gasteiger partial charge in [0.25, 0.3) is 0 Å². The molecule has 0 aliphatic rings. The normalized spacial score (nSPS) is 12.7. The van der Waals surface area contributed by atoms with Crippen LogP contribution in [0.3, 0.4) is 0 Å². The quantitative estimate of drug-likeness (QED) is 0.581. The van der Waals surface area contributed by atoms with Crippen molar-refractivity contribution in [2.24, 2.45) is 5.84 Å². The van der Waals surface area contributed by atoms with Crippen LogP contribution in [0.15, 0.2) is 31.8 Å². The predicted octanol–water partition coefficient (Wildman–Crippen LogP) is 4.30. The number of hydrogen-bond acceptors (Lipinski definition) is 3. The number of hydrazine groups is 1. The van der Waals surface area contributed by atoms with Gasteiger partial charge in [-0.05, 0) is 62.0 Å². The molecule has 19 heavy (non-hydrogen) atoms. The minimum atomic E-state index is -0.564. The van der Waals surface area contributed by atoms with Crippen molar-refractivity contribution in [3.8, 4) is 0 Å². The van der Waals surface area contributed by atoms with Gasteiger partial charge in [-0.2, -0.15) is 0 Å². The maximum atomic E-state index is 13.6. The lowest BCUT2D eigenvalue weighted by Crippen LogP contribution is -2.30. The highest BCUT2D eigenvalue weighted by molar-refractivity contribution is 9.12. The zero-order chi connectivity index (χ0) is 14.0. The van der Waals surface area contributed by atoms with Gasteiger partial charge in [-0.25, -0.2) is 8.78 Å². The molecule has 0 spiro atoms. The summed E-state index contributed by atoms with van der Waals surface area (Å²) >= 11 is 8.26. The molecule has 0 fully saturated rings. The molecular weight excluding hydrogens is 402 g/mol. The molecule has 0 bridgehead atoms. The maximum absolute atomic E-state index is 13.6. The number of halogens is 4. The molecule has 0 aliphatic carbocycles. The van der Waals surface area contributed by atoms with Crippen LogP contribution < -0.4 is 11.3 Å². The minimum Gasteiger partial charge on any atom is -0.271 e. The zero-order valence-corrected chi connectivity index (χ0v) is 13.6. The Kier molecular flexibility index (Phi) is 5.08. The minimum absolute atomic E-state index is 0.0275. The molecule has 1 heterocycles. The van der Waals surface area contributed by atoms with Crippen molar-refractivity contribution in [2.75, 3.05) is 0 Å². The van der Waals surface area contributed by atoms with Crippen molar-refractivity contribution in [1.82, 2.24) is 5.43 Å². The monoisotopic (exact) mass is 410 g/mol. The topological polar surface area (TPSA) is 38.0 Å². The van der Waals surface area contributed by atoms with E-state index in [1.165, 1.54) is 29.5 Å². The second-order valence-corrected chi connectivity index (χ2v) is 7.65. The van der Waals surface area contributed by atoms with E-state index in [0.29, 0.717) is 0 Å². The van der Waals surface area contributed by atoms with Gasteiger partial charge in [-0.15, -0.1) is 11.3 Å². The fourth-order valence-electron chi connectivity index (χ4n) is 1.78. The van der Waals surface area contributed by atoms with Gasteiger partial charge in [0.15, 0.2) is 0 Å². The highest BCUT2D eigenvalue weighted by Gasteiger charge is 2.20. The molecule has 0 amide bonds. The van der Waals surface area contributed by atoms with Crippen molar-refractivity contribution in [3.63, 3.8) is 0 Å². The number of hydrogen-bond donors (Lipinski definition) is 2. The third-order valence-corrected chi connectivity index (χ3v) is 5.12. The smallest absolute Gasteiger partial charge is 0.129 e. The average Bonchev–Trinajstić information content (AvgIpc) is 2.68. The third kappa shape index (κ3) is 3.41.